The van der Waals surface area contributed by atoms with Gasteiger partial charge in [-0.05, 0) is 18.0 Å². The Balaban J connectivity index is 2.56. The Kier molecular flexibility index (Phi) is 4.93. The molecule has 0 saturated carbocycles. The molecule has 0 bridgehead atoms. The summed E-state index contributed by atoms with van der Waals surface area (Å²) < 4.78 is 5.26. The molecule has 0 aromatic carbocycles. The minimum absolute atomic E-state index is 0.710. The number of thiophene rings is 1. The Bertz CT molecular complexity index is 262. The summed E-state index contributed by atoms with van der Waals surface area (Å²) in [6, 6.07) is 2.01. The Hall–Kier alpha value is -0.580. The molecule has 1 aromatic rings. The van der Waals surface area contributed by atoms with Crippen LogP contribution in [0.2, 0.25) is 0 Å². The number of likely N-dealkylation sites (N-methyl/N-ethyl adjacent to an activating group) is 1. The largest absolute Gasteiger partial charge is 0.496 e. The summed E-state index contributed by atoms with van der Waals surface area (Å²) in [5.74, 6) is 0.991. The van der Waals surface area contributed by atoms with Crippen molar-refractivity contribution in [3.05, 3.63) is 16.3 Å². The SMILES string of the molecule is CCN(CCN)Cc1sccc1OC. The number of nitrogens with two attached hydrogens (primary N) is 1. The van der Waals surface area contributed by atoms with E-state index in [1.165, 1.54) is 4.88 Å². The Morgan fingerprint density at radius 2 is 2.36 bits per heavy atom. The average Bonchev–Trinajstić information content (AvgIpc) is 2.64. The summed E-state index contributed by atoms with van der Waals surface area (Å²) in [4.78, 5) is 3.59. The molecule has 14 heavy (non-hydrogen) atoms. The summed E-state index contributed by atoms with van der Waals surface area (Å²) in [6.45, 7) is 5.77. The van der Waals surface area contributed by atoms with Gasteiger partial charge in [0.15, 0.2) is 0 Å². The van der Waals surface area contributed by atoms with Crippen LogP contribution in [-0.4, -0.2) is 31.6 Å². The first-order valence-corrected chi connectivity index (χ1v) is 5.72. The maximum absolute atomic E-state index is 5.53. The Labute approximate surface area is 89.5 Å². The number of nitrogens with zero attached hydrogens (tertiary/aromatic N) is 1. The molecular weight excluding hydrogens is 196 g/mol. The lowest BCUT2D eigenvalue weighted by Crippen LogP contribution is -2.28. The number of methoxy groups -OCH3 is 1. The van der Waals surface area contributed by atoms with Crippen molar-refractivity contribution in [2.24, 2.45) is 5.73 Å². The molecule has 80 valence electrons. The molecule has 0 aliphatic rings. The van der Waals surface area contributed by atoms with Crippen molar-refractivity contribution in [1.82, 2.24) is 4.90 Å². The fourth-order valence-electron chi connectivity index (χ4n) is 1.36. The third-order valence-corrected chi connectivity index (χ3v) is 3.07. The number of hydrogen-bond donors (Lipinski definition) is 1. The Morgan fingerprint density at radius 1 is 1.57 bits per heavy atom. The van der Waals surface area contributed by atoms with Crippen molar-refractivity contribution >= 4 is 11.3 Å². The quantitative estimate of drug-likeness (QED) is 0.780. The second-order valence-electron chi connectivity index (χ2n) is 3.07. The lowest BCUT2D eigenvalue weighted by Gasteiger charge is -2.18. The minimum Gasteiger partial charge on any atom is -0.496 e. The molecule has 2 N–H and O–H groups in total. The van der Waals surface area contributed by atoms with Crippen molar-refractivity contribution < 1.29 is 4.74 Å². The smallest absolute Gasteiger partial charge is 0.134 e. The second kappa shape index (κ2) is 6.01. The van der Waals surface area contributed by atoms with E-state index in [2.05, 4.69) is 17.2 Å². The van der Waals surface area contributed by atoms with Crippen LogP contribution in [0.1, 0.15) is 11.8 Å². The summed E-state index contributed by atoms with van der Waals surface area (Å²) in [5, 5.41) is 2.06. The number of rotatable bonds is 6. The molecule has 0 aliphatic heterocycles. The highest BCUT2D eigenvalue weighted by molar-refractivity contribution is 7.10. The van der Waals surface area contributed by atoms with Gasteiger partial charge in [0.1, 0.15) is 5.75 Å². The molecule has 0 spiro atoms. The van der Waals surface area contributed by atoms with Gasteiger partial charge in [-0.3, -0.25) is 4.90 Å². The highest BCUT2D eigenvalue weighted by Crippen LogP contribution is 2.25. The predicted molar refractivity (Wildman–Crippen MR) is 60.9 cm³/mol. The van der Waals surface area contributed by atoms with E-state index in [0.717, 1.165) is 25.4 Å². The van der Waals surface area contributed by atoms with Crippen molar-refractivity contribution in [2.75, 3.05) is 26.7 Å². The van der Waals surface area contributed by atoms with Crippen LogP contribution in [0.5, 0.6) is 5.75 Å². The van der Waals surface area contributed by atoms with Crippen LogP contribution in [0.25, 0.3) is 0 Å². The molecule has 0 fully saturated rings. The molecule has 0 atom stereocenters. The molecule has 0 amide bonds. The molecule has 1 aromatic heterocycles. The monoisotopic (exact) mass is 214 g/mol. The summed E-state index contributed by atoms with van der Waals surface area (Å²) >= 11 is 1.74. The van der Waals surface area contributed by atoms with Gasteiger partial charge in [-0.25, -0.2) is 0 Å². The van der Waals surface area contributed by atoms with Crippen LogP contribution in [0.4, 0.5) is 0 Å². The molecule has 0 aliphatic carbocycles. The minimum atomic E-state index is 0.710. The lowest BCUT2D eigenvalue weighted by atomic mass is 10.3. The summed E-state index contributed by atoms with van der Waals surface area (Å²) in [7, 11) is 1.71. The van der Waals surface area contributed by atoms with Crippen molar-refractivity contribution in [1.29, 1.82) is 0 Å². The zero-order chi connectivity index (χ0) is 10.4. The van der Waals surface area contributed by atoms with E-state index in [4.69, 9.17) is 10.5 Å². The van der Waals surface area contributed by atoms with E-state index < -0.39 is 0 Å². The average molecular weight is 214 g/mol. The van der Waals surface area contributed by atoms with Gasteiger partial charge in [0.2, 0.25) is 0 Å². The highest BCUT2D eigenvalue weighted by Gasteiger charge is 2.08. The summed E-state index contributed by atoms with van der Waals surface area (Å²) in [5.41, 5.74) is 5.53. The molecule has 0 radical (unpaired) electrons. The zero-order valence-electron chi connectivity index (χ0n) is 8.82. The molecular formula is C10H18N2OS. The topological polar surface area (TPSA) is 38.5 Å². The van der Waals surface area contributed by atoms with Crippen molar-refractivity contribution in [3.63, 3.8) is 0 Å². The maximum atomic E-state index is 5.53. The molecule has 0 saturated heterocycles. The van der Waals surface area contributed by atoms with Gasteiger partial charge < -0.3 is 10.5 Å². The van der Waals surface area contributed by atoms with E-state index in [9.17, 15) is 0 Å². The molecule has 1 heterocycles. The standard InChI is InChI=1S/C10H18N2OS/c1-3-12(6-5-11)8-10-9(13-2)4-7-14-10/h4,7H,3,5-6,8,11H2,1-2H3. The fraction of sp³-hybridized carbons (Fsp3) is 0.600. The van der Waals surface area contributed by atoms with Gasteiger partial charge in [-0.1, -0.05) is 6.92 Å². The lowest BCUT2D eigenvalue weighted by molar-refractivity contribution is 0.285. The van der Waals surface area contributed by atoms with E-state index >= 15 is 0 Å². The first-order valence-electron chi connectivity index (χ1n) is 4.84. The molecule has 4 heteroatoms. The van der Waals surface area contributed by atoms with Gasteiger partial charge in [-0.2, -0.15) is 0 Å². The van der Waals surface area contributed by atoms with Crippen LogP contribution in [-0.2, 0) is 6.54 Å². The van der Waals surface area contributed by atoms with Crippen LogP contribution in [0, 0.1) is 0 Å². The molecule has 0 unspecified atom stereocenters. The first kappa shape index (κ1) is 11.5. The van der Waals surface area contributed by atoms with Gasteiger partial charge in [0.25, 0.3) is 0 Å². The highest BCUT2D eigenvalue weighted by atomic mass is 32.1. The second-order valence-corrected chi connectivity index (χ2v) is 4.07. The third-order valence-electron chi connectivity index (χ3n) is 2.18. The van der Waals surface area contributed by atoms with E-state index in [0.29, 0.717) is 6.54 Å². The predicted octanol–water partition coefficient (Wildman–Crippen LogP) is 1.54. The normalized spacial score (nSPS) is 10.9. The molecule has 1 rings (SSSR count). The van der Waals surface area contributed by atoms with E-state index in [-0.39, 0.29) is 0 Å². The van der Waals surface area contributed by atoms with Crippen LogP contribution >= 0.6 is 11.3 Å². The number of ether oxygens (including phenoxy) is 1. The van der Waals surface area contributed by atoms with E-state index in [1.807, 2.05) is 6.07 Å². The van der Waals surface area contributed by atoms with Gasteiger partial charge in [0.05, 0.1) is 12.0 Å². The van der Waals surface area contributed by atoms with Gasteiger partial charge >= 0.3 is 0 Å². The van der Waals surface area contributed by atoms with Gasteiger partial charge in [0, 0.05) is 19.6 Å². The summed E-state index contributed by atoms with van der Waals surface area (Å²) in [6.07, 6.45) is 0. The van der Waals surface area contributed by atoms with E-state index in [1.54, 1.807) is 18.4 Å². The molecule has 3 nitrogen and oxygen atoms in total. The zero-order valence-corrected chi connectivity index (χ0v) is 9.64. The fourth-order valence-corrected chi connectivity index (χ4v) is 2.24. The third kappa shape index (κ3) is 2.97. The number of hydrogen-bond acceptors (Lipinski definition) is 4. The van der Waals surface area contributed by atoms with Crippen molar-refractivity contribution in [2.45, 2.75) is 13.5 Å². The van der Waals surface area contributed by atoms with Crippen LogP contribution in [0.3, 0.4) is 0 Å². The van der Waals surface area contributed by atoms with Crippen molar-refractivity contribution in [3.8, 4) is 5.75 Å². The van der Waals surface area contributed by atoms with Gasteiger partial charge in [-0.15, -0.1) is 11.3 Å². The maximum Gasteiger partial charge on any atom is 0.134 e. The van der Waals surface area contributed by atoms with Crippen LogP contribution in [0.15, 0.2) is 11.4 Å². The Morgan fingerprint density at radius 3 is 2.93 bits per heavy atom. The van der Waals surface area contributed by atoms with Crippen LogP contribution < -0.4 is 10.5 Å². The first-order chi connectivity index (χ1) is 6.81.